The molecule has 1 amide bonds. The monoisotopic (exact) mass is 419 g/mol. The molecule has 2 aromatic carbocycles. The molecule has 4 rings (SSSR count). The zero-order chi connectivity index (χ0) is 22.0. The second-order valence-corrected chi connectivity index (χ2v) is 8.18. The predicted octanol–water partition coefficient (Wildman–Crippen LogP) is 4.26. The number of aromatic hydroxyl groups is 1. The predicted molar refractivity (Wildman–Crippen MR) is 124 cm³/mol. The number of piperazine rings is 1. The summed E-state index contributed by atoms with van der Waals surface area (Å²) >= 11 is 0. The van der Waals surface area contributed by atoms with E-state index in [9.17, 15) is 9.90 Å². The Morgan fingerprint density at radius 1 is 1.10 bits per heavy atom. The van der Waals surface area contributed by atoms with Gasteiger partial charge in [-0.25, -0.2) is 9.97 Å². The zero-order valence-electron chi connectivity index (χ0n) is 18.3. The van der Waals surface area contributed by atoms with Gasteiger partial charge in [0.2, 0.25) is 11.9 Å². The normalized spacial score (nSPS) is 14.3. The number of phenols is 1. The average molecular weight is 420 g/mol. The molecule has 7 heteroatoms. The number of aromatic nitrogens is 2. The maximum absolute atomic E-state index is 11.9. The highest BCUT2D eigenvalue weighted by molar-refractivity contribution is 5.85. The van der Waals surface area contributed by atoms with Gasteiger partial charge in [0.1, 0.15) is 5.75 Å². The van der Waals surface area contributed by atoms with Gasteiger partial charge < -0.3 is 20.2 Å². The molecule has 31 heavy (non-hydrogen) atoms. The van der Waals surface area contributed by atoms with Crippen molar-refractivity contribution < 1.29 is 9.90 Å². The van der Waals surface area contributed by atoms with Crippen molar-refractivity contribution in [3.63, 3.8) is 0 Å². The van der Waals surface area contributed by atoms with E-state index in [1.54, 1.807) is 12.3 Å². The molecule has 1 fully saturated rings. The van der Waals surface area contributed by atoms with Gasteiger partial charge in [-0.05, 0) is 42.3 Å². The van der Waals surface area contributed by atoms with E-state index < -0.39 is 0 Å². The fraction of sp³-hybridized carbons (Fsp3) is 0.375. The Morgan fingerprint density at radius 3 is 2.45 bits per heavy atom. The van der Waals surface area contributed by atoms with E-state index in [-0.39, 0.29) is 17.6 Å². The zero-order valence-corrected chi connectivity index (χ0v) is 18.3. The molecule has 3 aromatic rings. The summed E-state index contributed by atoms with van der Waals surface area (Å²) in [5.74, 6) is 1.14. The first kappa shape index (κ1) is 20.9. The van der Waals surface area contributed by atoms with Crippen molar-refractivity contribution in [1.82, 2.24) is 14.9 Å². The van der Waals surface area contributed by atoms with Crippen LogP contribution in [0, 0.1) is 0 Å². The van der Waals surface area contributed by atoms with Crippen LogP contribution in [0.4, 0.5) is 17.3 Å². The highest BCUT2D eigenvalue weighted by atomic mass is 16.3. The molecule has 0 atom stereocenters. The lowest BCUT2D eigenvalue weighted by molar-refractivity contribution is -0.131. The first-order valence-corrected chi connectivity index (χ1v) is 10.8. The molecule has 7 nitrogen and oxygen atoms in total. The fourth-order valence-corrected chi connectivity index (χ4v) is 4.06. The van der Waals surface area contributed by atoms with Crippen molar-refractivity contribution in [3.8, 4) is 5.75 Å². The highest BCUT2D eigenvalue weighted by Gasteiger charge is 2.20. The van der Waals surface area contributed by atoms with Gasteiger partial charge in [0.15, 0.2) is 0 Å². The Labute approximate surface area is 182 Å². The van der Waals surface area contributed by atoms with E-state index in [2.05, 4.69) is 32.3 Å². The first-order chi connectivity index (χ1) is 15.0. The van der Waals surface area contributed by atoms with Crippen molar-refractivity contribution in [2.75, 3.05) is 36.4 Å². The number of carbonyl (C=O) groups excluding carboxylic acids is 1. The minimum atomic E-state index is 0.152. The Hall–Kier alpha value is -3.35. The molecule has 0 radical (unpaired) electrons. The second kappa shape index (κ2) is 8.79. The van der Waals surface area contributed by atoms with Crippen molar-refractivity contribution in [2.45, 2.75) is 33.1 Å². The number of rotatable bonds is 5. The molecule has 0 saturated carbocycles. The molecule has 162 valence electrons. The van der Waals surface area contributed by atoms with Gasteiger partial charge in [0.25, 0.3) is 0 Å². The lowest BCUT2D eigenvalue weighted by atomic mass is 9.99. The van der Waals surface area contributed by atoms with E-state index >= 15 is 0 Å². The first-order valence-electron chi connectivity index (χ1n) is 10.8. The van der Waals surface area contributed by atoms with Gasteiger partial charge in [0.05, 0.1) is 5.52 Å². The third-order valence-corrected chi connectivity index (χ3v) is 5.77. The molecule has 0 spiro atoms. The molecule has 2 N–H and O–H groups in total. The summed E-state index contributed by atoms with van der Waals surface area (Å²) in [7, 11) is 0. The average Bonchev–Trinajstić information content (AvgIpc) is 2.78. The molecule has 0 bridgehead atoms. The third-order valence-electron chi connectivity index (χ3n) is 5.77. The molecule has 1 aromatic heterocycles. The van der Waals surface area contributed by atoms with E-state index in [1.165, 1.54) is 0 Å². The summed E-state index contributed by atoms with van der Waals surface area (Å²) in [5, 5.41) is 14.4. The molecule has 1 aliphatic rings. The smallest absolute Gasteiger partial charge is 0.227 e. The molecule has 0 unspecified atom stereocenters. The standard InChI is InChI=1S/C24H29N5O2/c1-4-21(31)29-13-11-28(12-14-29)19-8-6-18(7-9-19)26-24-25-15-17-5-10-20(30)22(16(2)3)23(17)27-24/h5-10,15-16,30H,4,11-14H2,1-3H3,(H,25,26,27). The summed E-state index contributed by atoms with van der Waals surface area (Å²) in [4.78, 5) is 25.2. The minimum Gasteiger partial charge on any atom is -0.508 e. The second-order valence-electron chi connectivity index (χ2n) is 8.18. The number of anilines is 3. The van der Waals surface area contributed by atoms with Crippen LogP contribution in [0.2, 0.25) is 0 Å². The molecule has 2 heterocycles. The highest BCUT2D eigenvalue weighted by Crippen LogP contribution is 2.32. The van der Waals surface area contributed by atoms with Crippen molar-refractivity contribution >= 4 is 34.1 Å². The molecular weight excluding hydrogens is 390 g/mol. The van der Waals surface area contributed by atoms with Crippen LogP contribution in [0.1, 0.15) is 38.7 Å². The Kier molecular flexibility index (Phi) is 5.93. The molecule has 0 aliphatic carbocycles. The van der Waals surface area contributed by atoms with Gasteiger partial charge in [-0.3, -0.25) is 4.79 Å². The van der Waals surface area contributed by atoms with Crippen LogP contribution in [0.15, 0.2) is 42.6 Å². The minimum absolute atomic E-state index is 0.152. The van der Waals surface area contributed by atoms with Crippen LogP contribution >= 0.6 is 0 Å². The Bertz CT molecular complexity index is 1070. The maximum Gasteiger partial charge on any atom is 0.227 e. The largest absolute Gasteiger partial charge is 0.508 e. The number of amides is 1. The van der Waals surface area contributed by atoms with E-state index in [1.807, 2.05) is 43.9 Å². The van der Waals surface area contributed by atoms with Gasteiger partial charge in [-0.1, -0.05) is 20.8 Å². The Morgan fingerprint density at radius 2 is 1.81 bits per heavy atom. The van der Waals surface area contributed by atoms with Gasteiger partial charge in [-0.15, -0.1) is 0 Å². The van der Waals surface area contributed by atoms with E-state index in [0.717, 1.165) is 54.0 Å². The topological polar surface area (TPSA) is 81.6 Å². The number of phenolic OH excluding ortho intramolecular Hbond substituents is 1. The third kappa shape index (κ3) is 4.40. The fourth-order valence-electron chi connectivity index (χ4n) is 4.06. The summed E-state index contributed by atoms with van der Waals surface area (Å²) in [6.45, 7) is 9.21. The molecule has 1 saturated heterocycles. The van der Waals surface area contributed by atoms with Crippen molar-refractivity contribution in [1.29, 1.82) is 0 Å². The number of benzene rings is 2. The van der Waals surface area contributed by atoms with E-state index in [0.29, 0.717) is 12.4 Å². The van der Waals surface area contributed by atoms with Crippen LogP contribution in [0.25, 0.3) is 10.9 Å². The summed E-state index contributed by atoms with van der Waals surface area (Å²) in [5.41, 5.74) is 3.64. The summed E-state index contributed by atoms with van der Waals surface area (Å²) < 4.78 is 0. The van der Waals surface area contributed by atoms with Crippen LogP contribution in [0.3, 0.4) is 0 Å². The van der Waals surface area contributed by atoms with Gasteiger partial charge in [-0.2, -0.15) is 0 Å². The SMILES string of the molecule is CCC(=O)N1CCN(c2ccc(Nc3ncc4ccc(O)c(C(C)C)c4n3)cc2)CC1. The number of fused-ring (bicyclic) bond motifs is 1. The van der Waals surface area contributed by atoms with Crippen LogP contribution in [-0.2, 0) is 4.79 Å². The number of carbonyl (C=O) groups is 1. The number of nitrogens with zero attached hydrogens (tertiary/aromatic N) is 4. The van der Waals surface area contributed by atoms with Crippen LogP contribution in [-0.4, -0.2) is 52.1 Å². The summed E-state index contributed by atoms with van der Waals surface area (Å²) in [6.07, 6.45) is 2.34. The van der Waals surface area contributed by atoms with Crippen LogP contribution < -0.4 is 10.2 Å². The summed E-state index contributed by atoms with van der Waals surface area (Å²) in [6, 6.07) is 11.7. The quantitative estimate of drug-likeness (QED) is 0.643. The van der Waals surface area contributed by atoms with Gasteiger partial charge in [0, 0.05) is 61.1 Å². The number of hydrogen-bond acceptors (Lipinski definition) is 6. The molecular formula is C24H29N5O2. The maximum atomic E-state index is 11.9. The van der Waals surface area contributed by atoms with Gasteiger partial charge >= 0.3 is 0 Å². The van der Waals surface area contributed by atoms with E-state index in [4.69, 9.17) is 0 Å². The van der Waals surface area contributed by atoms with Crippen molar-refractivity contribution in [3.05, 3.63) is 48.2 Å². The Balaban J connectivity index is 1.48. The van der Waals surface area contributed by atoms with Crippen molar-refractivity contribution in [2.24, 2.45) is 0 Å². The van der Waals surface area contributed by atoms with Crippen LogP contribution in [0.5, 0.6) is 5.75 Å². The number of hydrogen-bond donors (Lipinski definition) is 2. The molecule has 1 aliphatic heterocycles. The lowest BCUT2D eigenvalue weighted by Gasteiger charge is -2.36. The number of nitrogens with one attached hydrogen (secondary N) is 1. The lowest BCUT2D eigenvalue weighted by Crippen LogP contribution is -2.48.